The molecule has 0 saturated carbocycles. The molecular weight excluding hydrogens is 300 g/mol. The monoisotopic (exact) mass is 324 g/mol. The third kappa shape index (κ3) is 4.15. The molecule has 4 nitrogen and oxygen atoms in total. The first-order valence-electron chi connectivity index (χ1n) is 8.46. The SMILES string of the molecule is COc1cccc(CCN2CCN(C(=O)c3ccccc3)CC2)c1. The van der Waals surface area contributed by atoms with Crippen molar-refractivity contribution < 1.29 is 9.53 Å². The van der Waals surface area contributed by atoms with Crippen molar-refractivity contribution >= 4 is 5.91 Å². The molecular formula is C20H24N2O2. The Labute approximate surface area is 143 Å². The number of piperazine rings is 1. The van der Waals surface area contributed by atoms with Crippen LogP contribution in [0.5, 0.6) is 5.75 Å². The van der Waals surface area contributed by atoms with Crippen LogP contribution in [0.15, 0.2) is 54.6 Å². The van der Waals surface area contributed by atoms with Crippen molar-refractivity contribution in [3.63, 3.8) is 0 Å². The van der Waals surface area contributed by atoms with Gasteiger partial charge in [-0.25, -0.2) is 0 Å². The molecule has 0 atom stereocenters. The molecule has 0 aromatic heterocycles. The van der Waals surface area contributed by atoms with Crippen LogP contribution in [-0.4, -0.2) is 55.5 Å². The van der Waals surface area contributed by atoms with Gasteiger partial charge in [0.2, 0.25) is 0 Å². The van der Waals surface area contributed by atoms with Gasteiger partial charge in [0.15, 0.2) is 0 Å². The second-order valence-corrected chi connectivity index (χ2v) is 6.10. The van der Waals surface area contributed by atoms with Crippen LogP contribution in [0.25, 0.3) is 0 Å². The normalized spacial score (nSPS) is 15.3. The van der Waals surface area contributed by atoms with Crippen LogP contribution in [-0.2, 0) is 6.42 Å². The van der Waals surface area contributed by atoms with E-state index in [2.05, 4.69) is 17.0 Å². The Hall–Kier alpha value is -2.33. The lowest BCUT2D eigenvalue weighted by atomic mass is 10.1. The second-order valence-electron chi connectivity index (χ2n) is 6.10. The van der Waals surface area contributed by atoms with Gasteiger partial charge in [0.25, 0.3) is 5.91 Å². The molecule has 1 aliphatic heterocycles. The molecule has 0 bridgehead atoms. The number of benzene rings is 2. The fraction of sp³-hybridized carbons (Fsp3) is 0.350. The number of carbonyl (C=O) groups is 1. The minimum absolute atomic E-state index is 0.142. The number of hydrogen-bond acceptors (Lipinski definition) is 3. The van der Waals surface area contributed by atoms with E-state index >= 15 is 0 Å². The lowest BCUT2D eigenvalue weighted by molar-refractivity contribution is 0.0638. The summed E-state index contributed by atoms with van der Waals surface area (Å²) in [6, 6.07) is 17.8. The molecule has 0 unspecified atom stereocenters. The van der Waals surface area contributed by atoms with Crippen LogP contribution in [0.1, 0.15) is 15.9 Å². The van der Waals surface area contributed by atoms with Crippen molar-refractivity contribution in [1.29, 1.82) is 0 Å². The van der Waals surface area contributed by atoms with E-state index in [0.717, 1.165) is 50.5 Å². The molecule has 2 aromatic rings. The maximum absolute atomic E-state index is 12.4. The Balaban J connectivity index is 1.47. The molecule has 4 heteroatoms. The van der Waals surface area contributed by atoms with E-state index in [1.54, 1.807) is 7.11 Å². The lowest BCUT2D eigenvalue weighted by Gasteiger charge is -2.34. The predicted molar refractivity (Wildman–Crippen MR) is 95.5 cm³/mol. The van der Waals surface area contributed by atoms with Crippen LogP contribution < -0.4 is 4.74 Å². The van der Waals surface area contributed by atoms with Gasteiger partial charge >= 0.3 is 0 Å². The van der Waals surface area contributed by atoms with E-state index in [1.807, 2.05) is 47.4 Å². The molecule has 126 valence electrons. The number of nitrogens with zero attached hydrogens (tertiary/aromatic N) is 2. The molecule has 0 radical (unpaired) electrons. The van der Waals surface area contributed by atoms with Crippen LogP contribution in [0, 0.1) is 0 Å². The maximum atomic E-state index is 12.4. The highest BCUT2D eigenvalue weighted by Gasteiger charge is 2.21. The summed E-state index contributed by atoms with van der Waals surface area (Å²) in [5.41, 5.74) is 2.07. The lowest BCUT2D eigenvalue weighted by Crippen LogP contribution is -2.49. The Kier molecular flexibility index (Phi) is 5.49. The van der Waals surface area contributed by atoms with Gasteiger partial charge in [0, 0.05) is 38.3 Å². The van der Waals surface area contributed by atoms with Crippen molar-refractivity contribution in [2.45, 2.75) is 6.42 Å². The van der Waals surface area contributed by atoms with Gasteiger partial charge in [-0.05, 0) is 36.2 Å². The number of carbonyl (C=O) groups excluding carboxylic acids is 1. The molecule has 0 aliphatic carbocycles. The fourth-order valence-electron chi connectivity index (χ4n) is 3.05. The Morgan fingerprint density at radius 3 is 2.46 bits per heavy atom. The molecule has 1 saturated heterocycles. The molecule has 3 rings (SSSR count). The highest BCUT2D eigenvalue weighted by molar-refractivity contribution is 5.94. The maximum Gasteiger partial charge on any atom is 0.253 e. The fourth-order valence-corrected chi connectivity index (χ4v) is 3.05. The van der Waals surface area contributed by atoms with E-state index < -0.39 is 0 Å². The zero-order valence-electron chi connectivity index (χ0n) is 14.1. The largest absolute Gasteiger partial charge is 0.497 e. The Morgan fingerprint density at radius 1 is 1.00 bits per heavy atom. The summed E-state index contributed by atoms with van der Waals surface area (Å²) in [6.45, 7) is 4.48. The summed E-state index contributed by atoms with van der Waals surface area (Å²) >= 11 is 0. The highest BCUT2D eigenvalue weighted by Crippen LogP contribution is 2.14. The summed E-state index contributed by atoms with van der Waals surface area (Å²) in [5, 5.41) is 0. The van der Waals surface area contributed by atoms with Gasteiger partial charge in [-0.2, -0.15) is 0 Å². The summed E-state index contributed by atoms with van der Waals surface area (Å²) in [7, 11) is 1.70. The molecule has 1 amide bonds. The number of methoxy groups -OCH3 is 1. The predicted octanol–water partition coefficient (Wildman–Crippen LogP) is 2.70. The summed E-state index contributed by atoms with van der Waals surface area (Å²) in [6.07, 6.45) is 1.00. The summed E-state index contributed by atoms with van der Waals surface area (Å²) in [4.78, 5) is 16.8. The Bertz CT molecular complexity index is 664. The number of ether oxygens (including phenoxy) is 1. The van der Waals surface area contributed by atoms with Gasteiger partial charge in [-0.15, -0.1) is 0 Å². The molecule has 1 fully saturated rings. The van der Waals surface area contributed by atoms with Crippen molar-refractivity contribution in [3.05, 3.63) is 65.7 Å². The minimum atomic E-state index is 0.142. The second kappa shape index (κ2) is 7.97. The Morgan fingerprint density at radius 2 is 1.75 bits per heavy atom. The number of hydrogen-bond donors (Lipinski definition) is 0. The highest BCUT2D eigenvalue weighted by atomic mass is 16.5. The third-order valence-corrected chi connectivity index (χ3v) is 4.53. The first-order valence-corrected chi connectivity index (χ1v) is 8.46. The van der Waals surface area contributed by atoms with Crippen LogP contribution >= 0.6 is 0 Å². The van der Waals surface area contributed by atoms with Gasteiger partial charge in [0.05, 0.1) is 7.11 Å². The van der Waals surface area contributed by atoms with Crippen LogP contribution in [0.3, 0.4) is 0 Å². The smallest absolute Gasteiger partial charge is 0.253 e. The number of rotatable bonds is 5. The molecule has 1 heterocycles. The first-order chi connectivity index (χ1) is 11.8. The average molecular weight is 324 g/mol. The van der Waals surface area contributed by atoms with E-state index in [-0.39, 0.29) is 5.91 Å². The first kappa shape index (κ1) is 16.5. The van der Waals surface area contributed by atoms with Crippen LogP contribution in [0.2, 0.25) is 0 Å². The van der Waals surface area contributed by atoms with E-state index in [0.29, 0.717) is 0 Å². The standard InChI is InChI=1S/C20H24N2O2/c1-24-19-9-5-6-17(16-19)10-11-21-12-14-22(15-13-21)20(23)18-7-3-2-4-8-18/h2-9,16H,10-15H2,1H3. The van der Waals surface area contributed by atoms with Gasteiger partial charge in [-0.3, -0.25) is 9.69 Å². The van der Waals surface area contributed by atoms with E-state index in [4.69, 9.17) is 4.74 Å². The van der Waals surface area contributed by atoms with Gasteiger partial charge in [-0.1, -0.05) is 30.3 Å². The quantitative estimate of drug-likeness (QED) is 0.848. The molecule has 1 aliphatic rings. The summed E-state index contributed by atoms with van der Waals surface area (Å²) in [5.74, 6) is 1.05. The zero-order valence-corrected chi connectivity index (χ0v) is 14.1. The van der Waals surface area contributed by atoms with Crippen molar-refractivity contribution in [2.24, 2.45) is 0 Å². The van der Waals surface area contributed by atoms with Crippen molar-refractivity contribution in [2.75, 3.05) is 39.8 Å². The summed E-state index contributed by atoms with van der Waals surface area (Å²) < 4.78 is 5.27. The van der Waals surface area contributed by atoms with E-state index in [9.17, 15) is 4.79 Å². The topological polar surface area (TPSA) is 32.8 Å². The van der Waals surface area contributed by atoms with E-state index in [1.165, 1.54) is 5.56 Å². The zero-order chi connectivity index (χ0) is 16.8. The van der Waals surface area contributed by atoms with Gasteiger partial charge < -0.3 is 9.64 Å². The molecule has 0 N–H and O–H groups in total. The van der Waals surface area contributed by atoms with Crippen LogP contribution in [0.4, 0.5) is 0 Å². The van der Waals surface area contributed by atoms with Crippen molar-refractivity contribution in [1.82, 2.24) is 9.80 Å². The van der Waals surface area contributed by atoms with Crippen molar-refractivity contribution in [3.8, 4) is 5.75 Å². The molecule has 2 aromatic carbocycles. The van der Waals surface area contributed by atoms with Gasteiger partial charge in [0.1, 0.15) is 5.75 Å². The molecule has 24 heavy (non-hydrogen) atoms. The third-order valence-electron chi connectivity index (χ3n) is 4.53. The molecule has 0 spiro atoms. The average Bonchev–Trinajstić information content (AvgIpc) is 2.67. The minimum Gasteiger partial charge on any atom is -0.497 e. The number of amides is 1.